The summed E-state index contributed by atoms with van der Waals surface area (Å²) in [5.41, 5.74) is 0.358. The molecule has 18 heavy (non-hydrogen) atoms. The van der Waals surface area contributed by atoms with Crippen LogP contribution in [0.4, 0.5) is 0 Å². The summed E-state index contributed by atoms with van der Waals surface area (Å²) < 4.78 is 4.95. The molecular formula is C11H9ClN2O4. The van der Waals surface area contributed by atoms with E-state index in [2.05, 4.69) is 10.2 Å². The van der Waals surface area contributed by atoms with Gasteiger partial charge in [0.05, 0.1) is 23.4 Å². The number of nitrogens with one attached hydrogen (secondary N) is 1. The van der Waals surface area contributed by atoms with Crippen LogP contribution < -0.4 is 4.74 Å². The third-order valence-corrected chi connectivity index (χ3v) is 2.69. The van der Waals surface area contributed by atoms with Crippen LogP contribution in [0.1, 0.15) is 10.5 Å². The quantitative estimate of drug-likeness (QED) is 0.793. The molecule has 7 heteroatoms. The monoisotopic (exact) mass is 268 g/mol. The summed E-state index contributed by atoms with van der Waals surface area (Å²) in [5.74, 6) is -1.10. The van der Waals surface area contributed by atoms with Gasteiger partial charge >= 0.3 is 5.97 Å². The molecule has 0 saturated carbocycles. The Morgan fingerprint density at radius 2 is 2.22 bits per heavy atom. The van der Waals surface area contributed by atoms with Crippen molar-refractivity contribution in [3.63, 3.8) is 0 Å². The highest BCUT2D eigenvalue weighted by Crippen LogP contribution is 2.41. The predicted molar refractivity (Wildman–Crippen MR) is 64.2 cm³/mol. The van der Waals surface area contributed by atoms with Gasteiger partial charge in [0.15, 0.2) is 11.5 Å². The van der Waals surface area contributed by atoms with E-state index in [9.17, 15) is 9.90 Å². The second-order valence-corrected chi connectivity index (χ2v) is 3.85. The van der Waals surface area contributed by atoms with Crippen molar-refractivity contribution in [3.8, 4) is 22.8 Å². The molecule has 6 nitrogen and oxygen atoms in total. The van der Waals surface area contributed by atoms with E-state index >= 15 is 0 Å². The summed E-state index contributed by atoms with van der Waals surface area (Å²) in [5, 5.41) is 25.1. The van der Waals surface area contributed by atoms with Gasteiger partial charge in [0, 0.05) is 0 Å². The largest absolute Gasteiger partial charge is 0.504 e. The number of methoxy groups -OCH3 is 1. The van der Waals surface area contributed by atoms with E-state index in [-0.39, 0.29) is 33.5 Å². The molecule has 3 N–H and O–H groups in total. The molecule has 94 valence electrons. The average Bonchev–Trinajstić information content (AvgIpc) is 2.79. The van der Waals surface area contributed by atoms with Crippen molar-refractivity contribution in [1.29, 1.82) is 0 Å². The van der Waals surface area contributed by atoms with Crippen LogP contribution in [0.5, 0.6) is 11.5 Å². The lowest BCUT2D eigenvalue weighted by atomic mass is 10.1. The van der Waals surface area contributed by atoms with E-state index in [4.69, 9.17) is 21.4 Å². The first kappa shape index (κ1) is 12.3. The Morgan fingerprint density at radius 1 is 1.50 bits per heavy atom. The number of aromatic amines is 1. The van der Waals surface area contributed by atoms with Crippen LogP contribution >= 0.6 is 11.6 Å². The number of carboxylic acid groups (broad SMARTS) is 1. The van der Waals surface area contributed by atoms with Crippen molar-refractivity contribution < 1.29 is 19.7 Å². The third kappa shape index (κ3) is 1.98. The van der Waals surface area contributed by atoms with Gasteiger partial charge in [-0.2, -0.15) is 5.10 Å². The lowest BCUT2D eigenvalue weighted by molar-refractivity contribution is 0.0690. The zero-order valence-electron chi connectivity index (χ0n) is 9.27. The number of nitrogens with zero attached hydrogens (tertiary/aromatic N) is 1. The van der Waals surface area contributed by atoms with Crippen LogP contribution in [0.2, 0.25) is 5.02 Å². The second-order valence-electron chi connectivity index (χ2n) is 3.45. The smallest absolute Gasteiger partial charge is 0.353 e. The van der Waals surface area contributed by atoms with Crippen LogP contribution in [0.3, 0.4) is 0 Å². The van der Waals surface area contributed by atoms with Crippen molar-refractivity contribution in [2.45, 2.75) is 0 Å². The number of benzene rings is 1. The summed E-state index contributed by atoms with van der Waals surface area (Å²) in [4.78, 5) is 10.7. The Labute approximate surface area is 107 Å². The molecule has 2 rings (SSSR count). The van der Waals surface area contributed by atoms with Gasteiger partial charge in [-0.1, -0.05) is 11.6 Å². The normalized spacial score (nSPS) is 10.3. The minimum Gasteiger partial charge on any atom is -0.504 e. The molecule has 0 unspecified atom stereocenters. The maximum atomic E-state index is 10.7. The first-order chi connectivity index (χ1) is 8.54. The molecule has 0 aliphatic rings. The van der Waals surface area contributed by atoms with Crippen molar-refractivity contribution in [1.82, 2.24) is 10.2 Å². The number of hydrogen-bond donors (Lipinski definition) is 3. The highest BCUT2D eigenvalue weighted by atomic mass is 35.5. The number of carboxylic acids is 1. The average molecular weight is 269 g/mol. The number of ether oxygens (including phenoxy) is 1. The van der Waals surface area contributed by atoms with Crippen LogP contribution in [-0.4, -0.2) is 33.5 Å². The maximum absolute atomic E-state index is 10.7. The molecule has 0 aliphatic heterocycles. The van der Waals surface area contributed by atoms with Crippen molar-refractivity contribution >= 4 is 17.6 Å². The van der Waals surface area contributed by atoms with E-state index in [0.717, 1.165) is 0 Å². The topological polar surface area (TPSA) is 95.4 Å². The molecule has 1 aromatic heterocycles. The van der Waals surface area contributed by atoms with Crippen LogP contribution in [-0.2, 0) is 0 Å². The number of hydrogen-bond acceptors (Lipinski definition) is 4. The number of halogens is 1. The van der Waals surface area contributed by atoms with Gasteiger partial charge in [-0.05, 0) is 18.2 Å². The molecule has 0 bridgehead atoms. The van der Waals surface area contributed by atoms with Crippen LogP contribution in [0.25, 0.3) is 11.3 Å². The highest BCUT2D eigenvalue weighted by Gasteiger charge is 2.18. The van der Waals surface area contributed by atoms with Gasteiger partial charge in [0.25, 0.3) is 0 Å². The third-order valence-electron chi connectivity index (χ3n) is 2.37. The maximum Gasteiger partial charge on any atom is 0.353 e. The molecule has 0 aliphatic carbocycles. The number of H-pyrrole nitrogens is 1. The Kier molecular flexibility index (Phi) is 3.12. The number of aromatic nitrogens is 2. The number of phenolic OH excluding ortho intramolecular Hbond substituents is 1. The summed E-state index contributed by atoms with van der Waals surface area (Å²) >= 11 is 5.96. The zero-order chi connectivity index (χ0) is 13.3. The van der Waals surface area contributed by atoms with Crippen LogP contribution in [0, 0.1) is 0 Å². The first-order valence-corrected chi connectivity index (χ1v) is 5.27. The van der Waals surface area contributed by atoms with Gasteiger partial charge in [-0.25, -0.2) is 4.79 Å². The number of phenols is 1. The number of aromatic carboxylic acids is 1. The van der Waals surface area contributed by atoms with E-state index < -0.39 is 5.97 Å². The molecular weight excluding hydrogens is 260 g/mol. The highest BCUT2D eigenvalue weighted by molar-refractivity contribution is 6.33. The molecule has 0 saturated heterocycles. The van der Waals surface area contributed by atoms with Gasteiger partial charge in [0.1, 0.15) is 5.69 Å². The van der Waals surface area contributed by atoms with E-state index in [1.165, 1.54) is 25.3 Å². The van der Waals surface area contributed by atoms with Crippen molar-refractivity contribution in [3.05, 3.63) is 28.9 Å². The Hall–Kier alpha value is -2.21. The van der Waals surface area contributed by atoms with Gasteiger partial charge in [-0.3, -0.25) is 5.10 Å². The zero-order valence-corrected chi connectivity index (χ0v) is 10.0. The van der Waals surface area contributed by atoms with E-state index in [1.54, 1.807) is 0 Å². The first-order valence-electron chi connectivity index (χ1n) is 4.89. The fourth-order valence-corrected chi connectivity index (χ4v) is 1.76. The molecule has 2 aromatic rings. The minimum absolute atomic E-state index is 0.0942. The van der Waals surface area contributed by atoms with E-state index in [0.29, 0.717) is 0 Å². The van der Waals surface area contributed by atoms with Gasteiger partial charge in [-0.15, -0.1) is 0 Å². The van der Waals surface area contributed by atoms with Crippen LogP contribution in [0.15, 0.2) is 18.2 Å². The van der Waals surface area contributed by atoms with Crippen molar-refractivity contribution in [2.24, 2.45) is 0 Å². The molecule has 0 amide bonds. The molecule has 0 atom stereocenters. The SMILES string of the molecule is COc1ccc(Cl)c(-c2cc(C(=O)O)[nH]n2)c1O. The molecule has 0 radical (unpaired) electrons. The fraction of sp³-hybridized carbons (Fsp3) is 0.0909. The summed E-state index contributed by atoms with van der Waals surface area (Å²) in [6.45, 7) is 0. The summed E-state index contributed by atoms with van der Waals surface area (Å²) in [7, 11) is 1.40. The molecule has 1 aromatic carbocycles. The number of carbonyl (C=O) groups is 1. The van der Waals surface area contributed by atoms with E-state index in [1.807, 2.05) is 0 Å². The van der Waals surface area contributed by atoms with Gasteiger partial charge < -0.3 is 14.9 Å². The summed E-state index contributed by atoms with van der Waals surface area (Å²) in [6, 6.07) is 4.32. The van der Waals surface area contributed by atoms with Crippen molar-refractivity contribution in [2.75, 3.05) is 7.11 Å². The standard InChI is InChI=1S/C11H9ClN2O4/c1-18-8-3-2-5(12)9(10(8)15)6-4-7(11(16)17)14-13-6/h2-4,15H,1H3,(H,13,14)(H,16,17). The Balaban J connectivity index is 2.58. The number of aromatic hydroxyl groups is 1. The molecule has 0 spiro atoms. The molecule has 0 fully saturated rings. The summed E-state index contributed by atoms with van der Waals surface area (Å²) in [6.07, 6.45) is 0. The number of rotatable bonds is 3. The molecule has 1 heterocycles. The Morgan fingerprint density at radius 3 is 2.78 bits per heavy atom. The second kappa shape index (κ2) is 4.58. The Bertz CT molecular complexity index is 609. The minimum atomic E-state index is -1.15. The van der Waals surface area contributed by atoms with Gasteiger partial charge in [0.2, 0.25) is 0 Å². The fourth-order valence-electron chi connectivity index (χ4n) is 1.52. The lowest BCUT2D eigenvalue weighted by Crippen LogP contribution is -1.95. The lowest BCUT2D eigenvalue weighted by Gasteiger charge is -2.08. The predicted octanol–water partition coefficient (Wildman–Crippen LogP) is 2.14.